The maximum Gasteiger partial charge on any atom is 0.254 e. The number of fused-ring (bicyclic) bond motifs is 1. The third-order valence-corrected chi connectivity index (χ3v) is 5.33. The Hall–Kier alpha value is -2.14. The molecule has 1 saturated carbocycles. The Morgan fingerprint density at radius 2 is 2.00 bits per heavy atom. The molecule has 0 bridgehead atoms. The van der Waals surface area contributed by atoms with Crippen LogP contribution in [0.3, 0.4) is 0 Å². The van der Waals surface area contributed by atoms with E-state index in [1.54, 1.807) is 0 Å². The number of hydrogen-bond acceptors (Lipinski definition) is 3. The van der Waals surface area contributed by atoms with Gasteiger partial charge in [0.1, 0.15) is 0 Å². The zero-order valence-corrected chi connectivity index (χ0v) is 14.4. The molecule has 0 saturated heterocycles. The predicted octanol–water partition coefficient (Wildman–Crippen LogP) is 3.08. The highest BCUT2D eigenvalue weighted by Gasteiger charge is 2.29. The van der Waals surface area contributed by atoms with Gasteiger partial charge in [0.05, 0.1) is 12.3 Å². The smallest absolute Gasteiger partial charge is 0.254 e. The maximum absolute atomic E-state index is 13.0. The van der Waals surface area contributed by atoms with Gasteiger partial charge in [-0.15, -0.1) is 0 Å². The molecule has 2 aliphatic rings. The molecular formula is C20H25N3O2. The number of hydrogen-bond donors (Lipinski definition) is 2. The van der Waals surface area contributed by atoms with Gasteiger partial charge in [0.2, 0.25) is 0 Å². The summed E-state index contributed by atoms with van der Waals surface area (Å²) in [4.78, 5) is 13.0. The van der Waals surface area contributed by atoms with Crippen LogP contribution in [0.2, 0.25) is 0 Å². The molecule has 2 N–H and O–H groups in total. The van der Waals surface area contributed by atoms with E-state index in [0.717, 1.165) is 37.7 Å². The van der Waals surface area contributed by atoms with Crippen LogP contribution in [-0.2, 0) is 22.4 Å². The molecule has 1 aromatic carbocycles. The van der Waals surface area contributed by atoms with Crippen molar-refractivity contribution >= 4 is 5.91 Å². The first kappa shape index (κ1) is 16.3. The van der Waals surface area contributed by atoms with E-state index in [1.165, 1.54) is 24.1 Å². The van der Waals surface area contributed by atoms with Gasteiger partial charge < -0.3 is 10.1 Å². The summed E-state index contributed by atoms with van der Waals surface area (Å²) < 4.78 is 6.22. The van der Waals surface area contributed by atoms with E-state index in [4.69, 9.17) is 4.74 Å². The van der Waals surface area contributed by atoms with Crippen molar-refractivity contribution in [1.82, 2.24) is 15.5 Å². The second-order valence-corrected chi connectivity index (χ2v) is 7.16. The largest absolute Gasteiger partial charge is 0.360 e. The number of rotatable bonds is 5. The minimum Gasteiger partial charge on any atom is -0.360 e. The molecule has 2 atom stereocenters. The Kier molecular flexibility index (Phi) is 4.83. The molecule has 0 unspecified atom stereocenters. The van der Waals surface area contributed by atoms with E-state index >= 15 is 0 Å². The number of aromatic amines is 1. The molecular weight excluding hydrogens is 314 g/mol. The normalized spacial score (nSPS) is 21.7. The van der Waals surface area contributed by atoms with Crippen LogP contribution >= 0.6 is 0 Å². The number of aryl methyl sites for hydroxylation is 1. The monoisotopic (exact) mass is 339 g/mol. The zero-order chi connectivity index (χ0) is 17.1. The second-order valence-electron chi connectivity index (χ2n) is 7.16. The van der Waals surface area contributed by atoms with Crippen molar-refractivity contribution in [1.29, 1.82) is 0 Å². The first-order chi connectivity index (χ1) is 12.3. The maximum atomic E-state index is 13.0. The second kappa shape index (κ2) is 7.40. The molecule has 25 heavy (non-hydrogen) atoms. The summed E-state index contributed by atoms with van der Waals surface area (Å²) in [6, 6.07) is 10.0. The highest BCUT2D eigenvalue weighted by atomic mass is 16.5. The molecule has 1 aromatic heterocycles. The number of aromatic nitrogens is 2. The number of benzene rings is 1. The van der Waals surface area contributed by atoms with Crippen LogP contribution in [-0.4, -0.2) is 28.3 Å². The van der Waals surface area contributed by atoms with Crippen molar-refractivity contribution in [3.8, 4) is 0 Å². The van der Waals surface area contributed by atoms with Crippen LogP contribution in [0.1, 0.15) is 55.0 Å². The molecule has 5 heteroatoms. The van der Waals surface area contributed by atoms with Gasteiger partial charge in [-0.25, -0.2) is 0 Å². The van der Waals surface area contributed by atoms with E-state index in [1.807, 2.05) is 36.5 Å². The highest BCUT2D eigenvalue weighted by Crippen LogP contribution is 2.28. The van der Waals surface area contributed by atoms with Gasteiger partial charge in [-0.3, -0.25) is 9.89 Å². The standard InChI is InChI=1S/C20H25N3O2/c24-20(22-16-10-11-18-15(12-16)13-21-23-18)19(14-6-2-1-3-7-14)25-17-8-4-5-9-17/h1-3,6-7,13,16-17,19H,4-5,8-12H2,(H,21,23)(H,22,24)/t16-,19+/m1/s1. The van der Waals surface area contributed by atoms with Gasteiger partial charge in [-0.1, -0.05) is 43.2 Å². The third-order valence-electron chi connectivity index (χ3n) is 5.33. The Balaban J connectivity index is 1.45. The van der Waals surface area contributed by atoms with Crippen molar-refractivity contribution < 1.29 is 9.53 Å². The van der Waals surface area contributed by atoms with Crippen LogP contribution < -0.4 is 5.32 Å². The number of H-pyrrole nitrogens is 1. The molecule has 1 heterocycles. The van der Waals surface area contributed by atoms with Crippen LogP contribution in [0, 0.1) is 0 Å². The van der Waals surface area contributed by atoms with E-state index in [2.05, 4.69) is 15.5 Å². The quantitative estimate of drug-likeness (QED) is 0.880. The topological polar surface area (TPSA) is 67.0 Å². The summed E-state index contributed by atoms with van der Waals surface area (Å²) in [6.07, 6.45) is 8.75. The SMILES string of the molecule is O=C(N[C@@H]1CCc2[nH]ncc2C1)[C@@H](OC1CCCC1)c1ccccc1. The molecule has 2 aliphatic carbocycles. The van der Waals surface area contributed by atoms with Gasteiger partial charge in [-0.2, -0.15) is 5.10 Å². The zero-order valence-electron chi connectivity index (χ0n) is 14.4. The highest BCUT2D eigenvalue weighted by molar-refractivity contribution is 5.82. The fourth-order valence-electron chi connectivity index (χ4n) is 3.95. The van der Waals surface area contributed by atoms with E-state index < -0.39 is 6.10 Å². The van der Waals surface area contributed by atoms with Crippen LogP contribution in [0.4, 0.5) is 0 Å². The molecule has 0 aliphatic heterocycles. The van der Waals surface area contributed by atoms with Crippen molar-refractivity contribution in [3.63, 3.8) is 0 Å². The van der Waals surface area contributed by atoms with Crippen molar-refractivity contribution in [3.05, 3.63) is 53.3 Å². The molecule has 1 amide bonds. The van der Waals surface area contributed by atoms with Crippen LogP contribution in [0.15, 0.2) is 36.5 Å². The van der Waals surface area contributed by atoms with Crippen molar-refractivity contribution in [2.75, 3.05) is 0 Å². The predicted molar refractivity (Wildman–Crippen MR) is 95.1 cm³/mol. The number of nitrogens with one attached hydrogen (secondary N) is 2. The van der Waals surface area contributed by atoms with Crippen LogP contribution in [0.5, 0.6) is 0 Å². The lowest BCUT2D eigenvalue weighted by atomic mass is 9.93. The lowest BCUT2D eigenvalue weighted by Gasteiger charge is -2.27. The lowest BCUT2D eigenvalue weighted by Crippen LogP contribution is -2.42. The van der Waals surface area contributed by atoms with Gasteiger partial charge in [0.15, 0.2) is 6.10 Å². The summed E-state index contributed by atoms with van der Waals surface area (Å²) >= 11 is 0. The lowest BCUT2D eigenvalue weighted by molar-refractivity contribution is -0.138. The van der Waals surface area contributed by atoms with E-state index in [-0.39, 0.29) is 18.1 Å². The number of nitrogens with zero attached hydrogens (tertiary/aromatic N) is 1. The Morgan fingerprint density at radius 3 is 2.80 bits per heavy atom. The number of carbonyl (C=O) groups excluding carboxylic acids is 1. The number of amides is 1. The van der Waals surface area contributed by atoms with Gasteiger partial charge >= 0.3 is 0 Å². The summed E-state index contributed by atoms with van der Waals surface area (Å²) in [5, 5.41) is 10.4. The third kappa shape index (κ3) is 3.76. The minimum absolute atomic E-state index is 0.0185. The number of carbonyl (C=O) groups is 1. The van der Waals surface area contributed by atoms with Gasteiger partial charge in [0, 0.05) is 11.7 Å². The summed E-state index contributed by atoms with van der Waals surface area (Å²) in [5.74, 6) is -0.0185. The Morgan fingerprint density at radius 1 is 1.20 bits per heavy atom. The molecule has 0 radical (unpaired) electrons. The average Bonchev–Trinajstić information content (AvgIpc) is 3.31. The molecule has 0 spiro atoms. The van der Waals surface area contributed by atoms with Gasteiger partial charge in [0.25, 0.3) is 5.91 Å². The summed E-state index contributed by atoms with van der Waals surface area (Å²) in [6.45, 7) is 0. The van der Waals surface area contributed by atoms with Crippen molar-refractivity contribution in [2.24, 2.45) is 0 Å². The van der Waals surface area contributed by atoms with Gasteiger partial charge in [-0.05, 0) is 43.2 Å². The molecule has 132 valence electrons. The fourth-order valence-corrected chi connectivity index (χ4v) is 3.95. The summed E-state index contributed by atoms with van der Waals surface area (Å²) in [5.41, 5.74) is 3.35. The summed E-state index contributed by atoms with van der Waals surface area (Å²) in [7, 11) is 0. The van der Waals surface area contributed by atoms with E-state index in [0.29, 0.717) is 0 Å². The molecule has 4 rings (SSSR count). The fraction of sp³-hybridized carbons (Fsp3) is 0.500. The minimum atomic E-state index is -0.518. The van der Waals surface area contributed by atoms with E-state index in [9.17, 15) is 4.79 Å². The Bertz CT molecular complexity index is 707. The van der Waals surface area contributed by atoms with Crippen molar-refractivity contribution in [2.45, 2.75) is 63.2 Å². The first-order valence-corrected chi connectivity index (χ1v) is 9.31. The average molecular weight is 339 g/mol. The first-order valence-electron chi connectivity index (χ1n) is 9.31. The van der Waals surface area contributed by atoms with Crippen LogP contribution in [0.25, 0.3) is 0 Å². The molecule has 5 nitrogen and oxygen atoms in total. The Labute approximate surface area is 148 Å². The molecule has 2 aromatic rings. The number of ether oxygens (including phenoxy) is 1. The molecule has 1 fully saturated rings.